The summed E-state index contributed by atoms with van der Waals surface area (Å²) in [6.45, 7) is 5.98. The number of pyridine rings is 1. The summed E-state index contributed by atoms with van der Waals surface area (Å²) in [5.74, 6) is 2.29. The van der Waals surface area contributed by atoms with E-state index in [0.29, 0.717) is 25.2 Å². The molecular formula is C25H23ClN4O2. The van der Waals surface area contributed by atoms with Gasteiger partial charge in [-0.05, 0) is 50.2 Å². The average Bonchev–Trinajstić information content (AvgIpc) is 2.95. The highest BCUT2D eigenvalue weighted by molar-refractivity contribution is 6.32. The molecular weight excluding hydrogens is 424 g/mol. The number of carbonyl (C=O) groups excluding carboxylic acids is 1. The molecule has 1 unspecified atom stereocenters. The van der Waals surface area contributed by atoms with Crippen molar-refractivity contribution in [1.29, 1.82) is 0 Å². The van der Waals surface area contributed by atoms with Crippen LogP contribution in [0.15, 0.2) is 65.8 Å². The molecule has 1 saturated heterocycles. The molecule has 6 nitrogen and oxygen atoms in total. The van der Waals surface area contributed by atoms with Crippen molar-refractivity contribution in [1.82, 2.24) is 14.8 Å². The zero-order valence-corrected chi connectivity index (χ0v) is 18.7. The summed E-state index contributed by atoms with van der Waals surface area (Å²) in [4.78, 5) is 26.3. The highest BCUT2D eigenvalue weighted by atomic mass is 35.5. The number of para-hydroxylation sites is 2. The Hall–Kier alpha value is -3.38. The Balaban J connectivity index is 1.47. The van der Waals surface area contributed by atoms with Crippen molar-refractivity contribution in [3.8, 4) is 11.5 Å². The van der Waals surface area contributed by atoms with Gasteiger partial charge in [0, 0.05) is 31.9 Å². The van der Waals surface area contributed by atoms with E-state index in [0.717, 1.165) is 34.1 Å². The van der Waals surface area contributed by atoms with Gasteiger partial charge in [0.25, 0.3) is 5.91 Å². The number of carbonyl (C=O) groups is 1. The van der Waals surface area contributed by atoms with Crippen LogP contribution in [0, 0.1) is 6.92 Å². The van der Waals surface area contributed by atoms with E-state index >= 15 is 0 Å². The highest BCUT2D eigenvalue weighted by Crippen LogP contribution is 2.38. The number of piperazine rings is 1. The quantitative estimate of drug-likeness (QED) is 0.489. The summed E-state index contributed by atoms with van der Waals surface area (Å²) in [7, 11) is 0. The first-order chi connectivity index (χ1) is 15.5. The molecule has 3 heterocycles. The second-order valence-corrected chi connectivity index (χ2v) is 8.50. The second-order valence-electron chi connectivity index (χ2n) is 8.14. The summed E-state index contributed by atoms with van der Waals surface area (Å²) < 4.78 is 6.21. The van der Waals surface area contributed by atoms with E-state index in [1.165, 1.54) is 0 Å². The zero-order chi connectivity index (χ0) is 22.2. The maximum absolute atomic E-state index is 13.1. The smallest absolute Gasteiger partial charge is 0.257 e. The summed E-state index contributed by atoms with van der Waals surface area (Å²) in [6.07, 6.45) is 1.59. The molecule has 7 heteroatoms. The largest absolute Gasteiger partial charge is 0.454 e. The maximum atomic E-state index is 13.1. The lowest BCUT2D eigenvalue weighted by molar-refractivity contribution is 0.0581. The molecule has 5 rings (SSSR count). The van der Waals surface area contributed by atoms with Crippen LogP contribution >= 0.6 is 11.6 Å². The van der Waals surface area contributed by atoms with Crippen LogP contribution in [0.25, 0.3) is 0 Å². The predicted molar refractivity (Wildman–Crippen MR) is 125 cm³/mol. The number of rotatable bonds is 1. The van der Waals surface area contributed by atoms with Gasteiger partial charge in [-0.1, -0.05) is 35.4 Å². The number of aromatic nitrogens is 1. The number of ether oxygens (including phenoxy) is 1. The molecule has 0 aliphatic carbocycles. The molecule has 3 aromatic rings. The fourth-order valence-electron chi connectivity index (χ4n) is 4.23. The van der Waals surface area contributed by atoms with Gasteiger partial charge in [-0.15, -0.1) is 0 Å². The van der Waals surface area contributed by atoms with E-state index in [-0.39, 0.29) is 17.1 Å². The maximum Gasteiger partial charge on any atom is 0.257 e. The van der Waals surface area contributed by atoms with Crippen molar-refractivity contribution in [3.63, 3.8) is 0 Å². The molecule has 2 aromatic carbocycles. The van der Waals surface area contributed by atoms with Gasteiger partial charge in [0.1, 0.15) is 22.4 Å². The van der Waals surface area contributed by atoms with Gasteiger partial charge in [0.05, 0.1) is 11.1 Å². The van der Waals surface area contributed by atoms with Crippen molar-refractivity contribution >= 4 is 29.0 Å². The monoisotopic (exact) mass is 446 g/mol. The summed E-state index contributed by atoms with van der Waals surface area (Å²) in [5.41, 5.74) is 3.33. The van der Waals surface area contributed by atoms with Crippen LogP contribution in [-0.4, -0.2) is 52.2 Å². The minimum atomic E-state index is -0.0945. The first-order valence-electron chi connectivity index (χ1n) is 10.6. The number of hydrogen-bond donors (Lipinski definition) is 0. The Labute approximate surface area is 192 Å². The first-order valence-corrected chi connectivity index (χ1v) is 11.0. The Morgan fingerprint density at radius 1 is 1.09 bits per heavy atom. The van der Waals surface area contributed by atoms with Gasteiger partial charge in [0.2, 0.25) is 0 Å². The Morgan fingerprint density at radius 3 is 2.75 bits per heavy atom. The number of nitrogens with zero attached hydrogens (tertiary/aromatic N) is 4. The number of amides is 1. The van der Waals surface area contributed by atoms with E-state index < -0.39 is 0 Å². The van der Waals surface area contributed by atoms with Crippen LogP contribution in [0.2, 0.25) is 5.15 Å². The lowest BCUT2D eigenvalue weighted by Gasteiger charge is -2.41. The SMILES string of the molecule is Cc1ccc2c(c1)C(N1CCN(C(=O)c3cccnc3Cl)C(C)C1)=Nc1ccccc1O2. The molecule has 1 fully saturated rings. The van der Waals surface area contributed by atoms with Gasteiger partial charge in [0.15, 0.2) is 5.75 Å². The zero-order valence-electron chi connectivity index (χ0n) is 18.0. The van der Waals surface area contributed by atoms with Crippen LogP contribution < -0.4 is 4.74 Å². The van der Waals surface area contributed by atoms with E-state index in [2.05, 4.69) is 22.9 Å². The number of halogens is 1. The molecule has 0 bridgehead atoms. The Kier molecular flexibility index (Phi) is 5.31. The first kappa shape index (κ1) is 20.5. The van der Waals surface area contributed by atoms with E-state index in [1.54, 1.807) is 18.3 Å². The topological polar surface area (TPSA) is 58.0 Å². The normalized spacial score (nSPS) is 17.6. The van der Waals surface area contributed by atoms with Crippen LogP contribution in [0.4, 0.5) is 5.69 Å². The van der Waals surface area contributed by atoms with Crippen molar-refractivity contribution < 1.29 is 9.53 Å². The minimum Gasteiger partial charge on any atom is -0.454 e. The van der Waals surface area contributed by atoms with Gasteiger partial charge in [-0.2, -0.15) is 0 Å². The van der Waals surface area contributed by atoms with Gasteiger partial charge >= 0.3 is 0 Å². The molecule has 1 amide bonds. The third kappa shape index (κ3) is 3.71. The van der Waals surface area contributed by atoms with Gasteiger partial charge < -0.3 is 14.5 Å². The number of amidine groups is 1. The molecule has 0 spiro atoms. The molecule has 2 aliphatic rings. The van der Waals surface area contributed by atoms with Crippen molar-refractivity contribution in [2.45, 2.75) is 19.9 Å². The molecule has 1 atom stereocenters. The minimum absolute atomic E-state index is 0.0251. The number of aliphatic imine (C=N–C) groups is 1. The fraction of sp³-hybridized carbons (Fsp3) is 0.240. The highest BCUT2D eigenvalue weighted by Gasteiger charge is 2.32. The molecule has 0 N–H and O–H groups in total. The third-order valence-electron chi connectivity index (χ3n) is 5.86. The Bertz CT molecular complexity index is 1230. The molecule has 32 heavy (non-hydrogen) atoms. The molecule has 1 aromatic heterocycles. The van der Waals surface area contributed by atoms with Crippen molar-refractivity contribution in [2.75, 3.05) is 19.6 Å². The lowest BCUT2D eigenvalue weighted by Crippen LogP contribution is -2.55. The molecule has 162 valence electrons. The summed E-state index contributed by atoms with van der Waals surface area (Å²) in [5, 5.41) is 0.235. The standard InChI is InChI=1S/C25H23ClN4O2/c1-16-9-10-21-19(14-16)24(28-20-7-3-4-8-22(20)32-21)29-12-13-30(17(2)15-29)25(31)18-6-5-11-27-23(18)26/h3-11,14,17H,12-13,15H2,1-2H3. The van der Waals surface area contributed by atoms with Gasteiger partial charge in [-0.25, -0.2) is 9.98 Å². The third-order valence-corrected chi connectivity index (χ3v) is 6.17. The molecule has 2 aliphatic heterocycles. The number of hydrogen-bond acceptors (Lipinski definition) is 5. The van der Waals surface area contributed by atoms with Crippen LogP contribution in [0.3, 0.4) is 0 Å². The van der Waals surface area contributed by atoms with Crippen LogP contribution in [-0.2, 0) is 0 Å². The summed E-state index contributed by atoms with van der Waals surface area (Å²) >= 11 is 6.17. The average molecular weight is 447 g/mol. The summed E-state index contributed by atoms with van der Waals surface area (Å²) in [6, 6.07) is 17.4. The van der Waals surface area contributed by atoms with Gasteiger partial charge in [-0.3, -0.25) is 4.79 Å². The van der Waals surface area contributed by atoms with Crippen LogP contribution in [0.5, 0.6) is 11.5 Å². The Morgan fingerprint density at radius 2 is 1.94 bits per heavy atom. The number of fused-ring (bicyclic) bond motifs is 2. The number of benzene rings is 2. The predicted octanol–water partition coefficient (Wildman–Crippen LogP) is 5.07. The van der Waals surface area contributed by atoms with E-state index in [9.17, 15) is 4.79 Å². The van der Waals surface area contributed by atoms with Crippen molar-refractivity contribution in [3.05, 3.63) is 82.6 Å². The fourth-order valence-corrected chi connectivity index (χ4v) is 4.43. The number of aryl methyl sites for hydroxylation is 1. The van der Waals surface area contributed by atoms with Crippen LogP contribution in [0.1, 0.15) is 28.4 Å². The van der Waals surface area contributed by atoms with E-state index in [1.807, 2.05) is 48.2 Å². The molecule has 0 radical (unpaired) electrons. The lowest BCUT2D eigenvalue weighted by atomic mass is 10.1. The van der Waals surface area contributed by atoms with Crippen molar-refractivity contribution in [2.24, 2.45) is 4.99 Å². The van der Waals surface area contributed by atoms with E-state index in [4.69, 9.17) is 21.3 Å². The molecule has 0 saturated carbocycles. The second kappa shape index (κ2) is 8.28.